The highest BCUT2D eigenvalue weighted by Gasteiger charge is 2.09. The van der Waals surface area contributed by atoms with E-state index in [1.807, 2.05) is 17.6 Å². The zero-order chi connectivity index (χ0) is 12.8. The van der Waals surface area contributed by atoms with Crippen LogP contribution in [-0.2, 0) is 6.54 Å². The summed E-state index contributed by atoms with van der Waals surface area (Å²) >= 11 is 4.97. The summed E-state index contributed by atoms with van der Waals surface area (Å²) < 4.78 is 4.44. The van der Waals surface area contributed by atoms with Crippen molar-refractivity contribution in [1.29, 1.82) is 0 Å². The number of aromatic nitrogens is 6. The van der Waals surface area contributed by atoms with Crippen LogP contribution < -0.4 is 0 Å². The van der Waals surface area contributed by atoms with Gasteiger partial charge in [0.1, 0.15) is 17.7 Å². The molecule has 0 spiro atoms. The summed E-state index contributed by atoms with van der Waals surface area (Å²) in [5.74, 6) is 0.719. The Morgan fingerprint density at radius 1 is 1.37 bits per heavy atom. The molecule has 4 aromatic heterocycles. The average molecular weight is 335 g/mol. The van der Waals surface area contributed by atoms with Crippen LogP contribution in [0.2, 0.25) is 0 Å². The molecule has 0 aliphatic heterocycles. The summed E-state index contributed by atoms with van der Waals surface area (Å²) in [6.07, 6.45) is 5.34. The maximum Gasteiger partial charge on any atom is 0.173 e. The molecule has 0 unspecified atom stereocenters. The lowest BCUT2D eigenvalue weighted by Crippen LogP contribution is -2.01. The quantitative estimate of drug-likeness (QED) is 0.564. The number of fused-ring (bicyclic) bond motifs is 3. The first kappa shape index (κ1) is 11.1. The van der Waals surface area contributed by atoms with Crippen LogP contribution in [0.4, 0.5) is 0 Å². The highest BCUT2D eigenvalue weighted by atomic mass is 79.9. The summed E-state index contributed by atoms with van der Waals surface area (Å²) in [5, 5.41) is 11.7. The van der Waals surface area contributed by atoms with Gasteiger partial charge in [0.05, 0.1) is 16.1 Å². The van der Waals surface area contributed by atoms with E-state index < -0.39 is 0 Å². The fraction of sp³-hybridized carbons (Fsp3) is 0.0909. The van der Waals surface area contributed by atoms with Gasteiger partial charge in [-0.15, -0.1) is 16.4 Å². The largest absolute Gasteiger partial charge is 0.264 e. The maximum atomic E-state index is 4.56. The maximum absolute atomic E-state index is 4.56. The normalized spacial score (nSPS) is 11.6. The van der Waals surface area contributed by atoms with Crippen LogP contribution in [0.5, 0.6) is 0 Å². The Kier molecular flexibility index (Phi) is 2.39. The second-order valence-electron chi connectivity index (χ2n) is 4.04. The molecule has 0 amide bonds. The number of rotatable bonds is 2. The van der Waals surface area contributed by atoms with Crippen molar-refractivity contribution in [3.05, 3.63) is 40.5 Å². The zero-order valence-electron chi connectivity index (χ0n) is 9.56. The van der Waals surface area contributed by atoms with Crippen molar-refractivity contribution >= 4 is 43.1 Å². The standard InChI is InChI=1S/C11H7BrN6S/c12-7-3-14-17(4-7)5-9-15-10-8-1-2-19-11(8)13-6-18(10)16-9/h1-4,6H,5H2. The van der Waals surface area contributed by atoms with E-state index in [4.69, 9.17) is 0 Å². The number of hydrogen-bond acceptors (Lipinski definition) is 5. The fourth-order valence-electron chi connectivity index (χ4n) is 1.95. The first-order valence-electron chi connectivity index (χ1n) is 5.55. The SMILES string of the molecule is Brc1cnn(Cc2nc3c4ccsc4ncn3n2)c1. The van der Waals surface area contributed by atoms with Crippen molar-refractivity contribution in [2.45, 2.75) is 6.54 Å². The van der Waals surface area contributed by atoms with Gasteiger partial charge in [-0.25, -0.2) is 14.5 Å². The Morgan fingerprint density at radius 2 is 2.32 bits per heavy atom. The Morgan fingerprint density at radius 3 is 3.16 bits per heavy atom. The molecule has 0 aromatic carbocycles. The van der Waals surface area contributed by atoms with Gasteiger partial charge in [0.25, 0.3) is 0 Å². The van der Waals surface area contributed by atoms with Crippen molar-refractivity contribution < 1.29 is 0 Å². The molecule has 0 saturated carbocycles. The smallest absolute Gasteiger partial charge is 0.173 e. The molecule has 0 bridgehead atoms. The molecule has 4 aromatic rings. The molecule has 0 radical (unpaired) electrons. The van der Waals surface area contributed by atoms with Crippen LogP contribution in [0.3, 0.4) is 0 Å². The van der Waals surface area contributed by atoms with Crippen LogP contribution in [0.15, 0.2) is 34.6 Å². The molecule has 94 valence electrons. The van der Waals surface area contributed by atoms with E-state index in [2.05, 4.69) is 36.1 Å². The number of thiophene rings is 1. The van der Waals surface area contributed by atoms with E-state index >= 15 is 0 Å². The highest BCUT2D eigenvalue weighted by Crippen LogP contribution is 2.21. The zero-order valence-corrected chi connectivity index (χ0v) is 12.0. The van der Waals surface area contributed by atoms with Crippen LogP contribution in [0.25, 0.3) is 15.9 Å². The summed E-state index contributed by atoms with van der Waals surface area (Å²) in [7, 11) is 0. The Labute approximate surface area is 119 Å². The predicted octanol–water partition coefficient (Wildman–Crippen LogP) is 2.35. The van der Waals surface area contributed by atoms with Gasteiger partial charge in [-0.05, 0) is 27.4 Å². The Balaban J connectivity index is 1.82. The van der Waals surface area contributed by atoms with Gasteiger partial charge in [-0.2, -0.15) is 5.10 Å². The Bertz CT molecular complexity index is 876. The average Bonchev–Trinajstić information content (AvgIpc) is 3.07. The fourth-order valence-corrected chi connectivity index (χ4v) is 3.00. The molecular weight excluding hydrogens is 328 g/mol. The predicted molar refractivity (Wildman–Crippen MR) is 75.2 cm³/mol. The molecule has 0 fully saturated rings. The third kappa shape index (κ3) is 1.83. The number of hydrogen-bond donors (Lipinski definition) is 0. The minimum Gasteiger partial charge on any atom is -0.264 e. The molecule has 4 heterocycles. The van der Waals surface area contributed by atoms with Gasteiger partial charge in [-0.3, -0.25) is 4.68 Å². The van der Waals surface area contributed by atoms with Gasteiger partial charge in [0.15, 0.2) is 11.5 Å². The van der Waals surface area contributed by atoms with E-state index in [1.165, 1.54) is 0 Å². The Hall–Kier alpha value is -1.80. The van der Waals surface area contributed by atoms with Crippen LogP contribution in [0.1, 0.15) is 5.82 Å². The molecule has 6 nitrogen and oxygen atoms in total. The van der Waals surface area contributed by atoms with Gasteiger partial charge in [-0.1, -0.05) is 0 Å². The van der Waals surface area contributed by atoms with Crippen molar-refractivity contribution in [1.82, 2.24) is 29.4 Å². The van der Waals surface area contributed by atoms with E-state index in [0.29, 0.717) is 6.54 Å². The van der Waals surface area contributed by atoms with Crippen LogP contribution in [0, 0.1) is 0 Å². The second-order valence-corrected chi connectivity index (χ2v) is 5.85. The summed E-state index contributed by atoms with van der Waals surface area (Å²) in [5.41, 5.74) is 0.840. The lowest BCUT2D eigenvalue weighted by molar-refractivity contribution is 0.653. The number of halogens is 1. The van der Waals surface area contributed by atoms with Crippen LogP contribution >= 0.6 is 27.3 Å². The van der Waals surface area contributed by atoms with E-state index in [9.17, 15) is 0 Å². The molecular formula is C11H7BrN6S. The summed E-state index contributed by atoms with van der Waals surface area (Å²) in [6, 6.07) is 2.02. The van der Waals surface area contributed by atoms with Crippen molar-refractivity contribution in [2.75, 3.05) is 0 Å². The number of nitrogens with zero attached hydrogens (tertiary/aromatic N) is 6. The van der Waals surface area contributed by atoms with Gasteiger partial charge < -0.3 is 0 Å². The second kappa shape index (κ2) is 4.10. The van der Waals surface area contributed by atoms with E-state index in [1.54, 1.807) is 33.1 Å². The molecule has 8 heteroatoms. The van der Waals surface area contributed by atoms with Gasteiger partial charge in [0.2, 0.25) is 0 Å². The molecule has 19 heavy (non-hydrogen) atoms. The molecule has 0 N–H and O–H groups in total. The summed E-state index contributed by atoms with van der Waals surface area (Å²) in [4.78, 5) is 9.88. The third-order valence-corrected chi connectivity index (χ3v) is 3.98. The van der Waals surface area contributed by atoms with Crippen molar-refractivity contribution in [3.63, 3.8) is 0 Å². The minimum atomic E-state index is 0.541. The van der Waals surface area contributed by atoms with Crippen LogP contribution in [-0.4, -0.2) is 29.4 Å². The monoisotopic (exact) mass is 334 g/mol. The summed E-state index contributed by atoms with van der Waals surface area (Å²) in [6.45, 7) is 0.541. The van der Waals surface area contributed by atoms with Crippen molar-refractivity contribution in [3.8, 4) is 0 Å². The molecule has 0 aliphatic carbocycles. The molecule has 0 saturated heterocycles. The lowest BCUT2D eigenvalue weighted by atomic mass is 10.4. The van der Waals surface area contributed by atoms with E-state index in [-0.39, 0.29) is 0 Å². The third-order valence-electron chi connectivity index (χ3n) is 2.75. The lowest BCUT2D eigenvalue weighted by Gasteiger charge is -1.93. The molecule has 0 atom stereocenters. The first-order valence-corrected chi connectivity index (χ1v) is 7.22. The molecule has 4 rings (SSSR count). The van der Waals surface area contributed by atoms with E-state index in [0.717, 1.165) is 26.2 Å². The highest BCUT2D eigenvalue weighted by molar-refractivity contribution is 9.10. The minimum absolute atomic E-state index is 0.541. The van der Waals surface area contributed by atoms with Gasteiger partial charge >= 0.3 is 0 Å². The van der Waals surface area contributed by atoms with Gasteiger partial charge in [0, 0.05) is 6.20 Å². The topological polar surface area (TPSA) is 60.9 Å². The molecule has 0 aliphatic rings. The first-order chi connectivity index (χ1) is 9.29. The van der Waals surface area contributed by atoms with Crippen molar-refractivity contribution in [2.24, 2.45) is 0 Å².